The second kappa shape index (κ2) is 8.30. The van der Waals surface area contributed by atoms with Gasteiger partial charge in [-0.2, -0.15) is 18.4 Å². The van der Waals surface area contributed by atoms with Gasteiger partial charge < -0.3 is 14.9 Å². The predicted octanol–water partition coefficient (Wildman–Crippen LogP) is 3.82. The van der Waals surface area contributed by atoms with Crippen molar-refractivity contribution in [3.8, 4) is 6.07 Å². The van der Waals surface area contributed by atoms with Gasteiger partial charge in [-0.05, 0) is 36.8 Å². The van der Waals surface area contributed by atoms with Gasteiger partial charge in [0, 0.05) is 54.8 Å². The van der Waals surface area contributed by atoms with Gasteiger partial charge in [-0.3, -0.25) is 4.79 Å². The zero-order chi connectivity index (χ0) is 24.0. The summed E-state index contributed by atoms with van der Waals surface area (Å²) in [5.41, 5.74) is -1.98. The molecule has 33 heavy (non-hydrogen) atoms. The van der Waals surface area contributed by atoms with E-state index in [1.165, 1.54) is 11.0 Å². The van der Waals surface area contributed by atoms with Crippen LogP contribution in [0.5, 0.6) is 0 Å². The first kappa shape index (κ1) is 23.0. The highest BCUT2D eigenvalue weighted by atomic mass is 19.4. The van der Waals surface area contributed by atoms with Gasteiger partial charge in [-0.1, -0.05) is 0 Å². The van der Waals surface area contributed by atoms with Crippen LogP contribution in [0.15, 0.2) is 36.4 Å². The van der Waals surface area contributed by atoms with Crippen molar-refractivity contribution in [1.82, 2.24) is 4.90 Å². The number of rotatable bonds is 3. The number of fused-ring (bicyclic) bond motifs is 1. The molecule has 2 aliphatic rings. The lowest BCUT2D eigenvalue weighted by molar-refractivity contribution is -0.137. The van der Waals surface area contributed by atoms with Crippen LogP contribution in [0, 0.1) is 34.3 Å². The Morgan fingerprint density at radius 2 is 1.85 bits per heavy atom. The monoisotopic (exact) mass is 465 g/mol. The molecule has 0 saturated carbocycles. The van der Waals surface area contributed by atoms with Crippen molar-refractivity contribution in [2.75, 3.05) is 37.7 Å². The van der Waals surface area contributed by atoms with Crippen LogP contribution in [-0.2, 0) is 6.18 Å². The predicted molar refractivity (Wildman–Crippen MR) is 108 cm³/mol. The van der Waals surface area contributed by atoms with E-state index in [-0.39, 0.29) is 50.0 Å². The number of amides is 1. The molecule has 2 saturated heterocycles. The molecule has 0 aliphatic carbocycles. The number of benzene rings is 2. The smallest absolute Gasteiger partial charge is 0.396 e. The molecule has 2 atom stereocenters. The Hall–Kier alpha value is -3.19. The van der Waals surface area contributed by atoms with Crippen LogP contribution >= 0.6 is 0 Å². The highest BCUT2D eigenvalue weighted by molar-refractivity contribution is 5.94. The molecular formula is C23H20F5N3O2. The Morgan fingerprint density at radius 1 is 1.15 bits per heavy atom. The zero-order valence-electron chi connectivity index (χ0n) is 17.4. The standard InChI is InChI=1S/C23H20F5N3O2/c24-17-5-15(6-18(25)7-17)21(33)30-4-3-22(13-32)12-31(11-16(22)10-30)19-2-1-14(9-29)20(8-19)23(26,27)28/h1-2,5-8,16,32H,3-4,10-13H2/t16-,22+/m1/s1. The van der Waals surface area contributed by atoms with E-state index >= 15 is 0 Å². The van der Waals surface area contributed by atoms with Crippen LogP contribution in [0.2, 0.25) is 0 Å². The molecule has 0 unspecified atom stereocenters. The Morgan fingerprint density at radius 3 is 2.45 bits per heavy atom. The summed E-state index contributed by atoms with van der Waals surface area (Å²) in [5, 5.41) is 19.2. The van der Waals surface area contributed by atoms with Crippen molar-refractivity contribution in [2.24, 2.45) is 11.3 Å². The first-order valence-electron chi connectivity index (χ1n) is 10.3. The fraction of sp³-hybridized carbons (Fsp3) is 0.391. The number of alkyl halides is 3. The average molecular weight is 465 g/mol. The first-order valence-corrected chi connectivity index (χ1v) is 10.3. The number of hydrogen-bond donors (Lipinski definition) is 1. The summed E-state index contributed by atoms with van der Waals surface area (Å²) in [6.45, 7) is 0.783. The molecule has 4 rings (SSSR count). The number of nitriles is 1. The molecule has 0 radical (unpaired) electrons. The van der Waals surface area contributed by atoms with Gasteiger partial charge in [0.2, 0.25) is 0 Å². The summed E-state index contributed by atoms with van der Waals surface area (Å²) in [7, 11) is 0. The normalized spacial score (nSPS) is 22.8. The molecule has 1 amide bonds. The summed E-state index contributed by atoms with van der Waals surface area (Å²) < 4.78 is 67.3. The van der Waals surface area contributed by atoms with Gasteiger partial charge in [-0.25, -0.2) is 8.78 Å². The van der Waals surface area contributed by atoms with E-state index < -0.39 is 40.3 Å². The number of anilines is 1. The number of carbonyl (C=O) groups excluding carboxylic acids is 1. The molecule has 10 heteroatoms. The number of piperidine rings is 1. The van der Waals surface area contributed by atoms with E-state index in [9.17, 15) is 31.9 Å². The van der Waals surface area contributed by atoms with E-state index in [0.717, 1.165) is 24.3 Å². The third-order valence-electron chi connectivity index (χ3n) is 6.64. The quantitative estimate of drug-likeness (QED) is 0.700. The van der Waals surface area contributed by atoms with Gasteiger partial charge in [-0.15, -0.1) is 0 Å². The van der Waals surface area contributed by atoms with E-state index in [1.54, 1.807) is 11.0 Å². The number of hydrogen-bond acceptors (Lipinski definition) is 4. The van der Waals surface area contributed by atoms with Crippen molar-refractivity contribution in [2.45, 2.75) is 12.6 Å². The molecule has 2 fully saturated rings. The fourth-order valence-corrected chi connectivity index (χ4v) is 4.84. The molecule has 174 valence electrons. The number of likely N-dealkylation sites (tertiary alicyclic amines) is 1. The molecule has 2 aromatic rings. The second-order valence-corrected chi connectivity index (χ2v) is 8.60. The van der Waals surface area contributed by atoms with E-state index in [4.69, 9.17) is 5.26 Å². The molecule has 0 spiro atoms. The SMILES string of the molecule is N#Cc1ccc(N2C[C@H]3CN(C(=O)c4cc(F)cc(F)c4)CC[C@@]3(CO)C2)cc1C(F)(F)F. The van der Waals surface area contributed by atoms with E-state index in [1.807, 2.05) is 0 Å². The third-order valence-corrected chi connectivity index (χ3v) is 6.64. The number of nitrogens with zero attached hydrogens (tertiary/aromatic N) is 3. The Bertz CT molecular complexity index is 1110. The van der Waals surface area contributed by atoms with Crippen LogP contribution in [0.1, 0.15) is 27.9 Å². The van der Waals surface area contributed by atoms with Crippen molar-refractivity contribution < 1.29 is 31.9 Å². The molecule has 0 aromatic heterocycles. The number of aliphatic hydroxyl groups is 1. The summed E-state index contributed by atoms with van der Waals surface area (Å²) >= 11 is 0. The summed E-state index contributed by atoms with van der Waals surface area (Å²) in [6, 6.07) is 7.63. The minimum Gasteiger partial charge on any atom is -0.396 e. The van der Waals surface area contributed by atoms with Crippen molar-refractivity contribution in [1.29, 1.82) is 5.26 Å². The van der Waals surface area contributed by atoms with Gasteiger partial charge in [0.1, 0.15) is 11.6 Å². The highest BCUT2D eigenvalue weighted by Gasteiger charge is 2.50. The maximum atomic E-state index is 13.5. The molecule has 2 aromatic carbocycles. The van der Waals surface area contributed by atoms with Crippen LogP contribution in [0.3, 0.4) is 0 Å². The molecule has 5 nitrogen and oxygen atoms in total. The minimum atomic E-state index is -4.69. The van der Waals surface area contributed by atoms with Gasteiger partial charge in [0.05, 0.1) is 23.8 Å². The van der Waals surface area contributed by atoms with Gasteiger partial charge >= 0.3 is 6.18 Å². The Balaban J connectivity index is 1.58. The molecule has 0 bridgehead atoms. The summed E-state index contributed by atoms with van der Waals surface area (Å²) in [4.78, 5) is 16.0. The van der Waals surface area contributed by atoms with E-state index in [2.05, 4.69) is 0 Å². The number of carbonyl (C=O) groups is 1. The summed E-state index contributed by atoms with van der Waals surface area (Å²) in [5.74, 6) is -2.54. The van der Waals surface area contributed by atoms with Crippen LogP contribution < -0.4 is 4.90 Å². The minimum absolute atomic E-state index is 0.124. The van der Waals surface area contributed by atoms with Gasteiger partial charge in [0.15, 0.2) is 0 Å². The topological polar surface area (TPSA) is 67.6 Å². The molecule has 1 N–H and O–H groups in total. The highest BCUT2D eigenvalue weighted by Crippen LogP contribution is 2.45. The van der Waals surface area contributed by atoms with Crippen molar-refractivity contribution in [3.05, 3.63) is 64.7 Å². The Kier molecular flexibility index (Phi) is 5.78. The first-order chi connectivity index (χ1) is 15.6. The van der Waals surface area contributed by atoms with Crippen LogP contribution in [0.4, 0.5) is 27.6 Å². The number of halogens is 5. The zero-order valence-corrected chi connectivity index (χ0v) is 17.4. The average Bonchev–Trinajstić information content (AvgIpc) is 3.16. The third kappa shape index (κ3) is 4.25. The Labute approximate surface area is 186 Å². The van der Waals surface area contributed by atoms with E-state index in [0.29, 0.717) is 12.5 Å². The van der Waals surface area contributed by atoms with Crippen LogP contribution in [0.25, 0.3) is 0 Å². The number of aliphatic hydroxyl groups excluding tert-OH is 1. The lowest BCUT2D eigenvalue weighted by atomic mass is 9.73. The molecular weight excluding hydrogens is 445 g/mol. The maximum Gasteiger partial charge on any atom is 0.417 e. The molecule has 2 heterocycles. The lowest BCUT2D eigenvalue weighted by Crippen LogP contribution is -2.50. The van der Waals surface area contributed by atoms with Gasteiger partial charge in [0.25, 0.3) is 5.91 Å². The fourth-order valence-electron chi connectivity index (χ4n) is 4.84. The lowest BCUT2D eigenvalue weighted by Gasteiger charge is -2.42. The largest absolute Gasteiger partial charge is 0.417 e. The summed E-state index contributed by atoms with van der Waals surface area (Å²) in [6.07, 6.45) is -4.30. The van der Waals surface area contributed by atoms with Crippen molar-refractivity contribution >= 4 is 11.6 Å². The molecule has 2 aliphatic heterocycles. The van der Waals surface area contributed by atoms with Crippen molar-refractivity contribution in [3.63, 3.8) is 0 Å². The van der Waals surface area contributed by atoms with Crippen LogP contribution in [-0.4, -0.2) is 48.7 Å². The maximum absolute atomic E-state index is 13.5. The second-order valence-electron chi connectivity index (χ2n) is 8.60.